The number of aryl methyl sites for hydroxylation is 1. The normalized spacial score (nSPS) is 17.5. The van der Waals surface area contributed by atoms with Crippen LogP contribution in [0.25, 0.3) is 0 Å². The summed E-state index contributed by atoms with van der Waals surface area (Å²) in [6, 6.07) is 2.70. The summed E-state index contributed by atoms with van der Waals surface area (Å²) >= 11 is 0. The lowest BCUT2D eigenvalue weighted by atomic mass is 10.1. The lowest BCUT2D eigenvalue weighted by Crippen LogP contribution is -2.45. The smallest absolute Gasteiger partial charge is 0.0775 e. The molecule has 0 bridgehead atoms. The molecule has 0 unspecified atom stereocenters. The first-order chi connectivity index (χ1) is 7.13. The van der Waals surface area contributed by atoms with Gasteiger partial charge in [0, 0.05) is 24.3 Å². The first-order valence-corrected chi connectivity index (χ1v) is 5.23. The summed E-state index contributed by atoms with van der Waals surface area (Å²) in [6.07, 6.45) is 0.472. The lowest BCUT2D eigenvalue weighted by Gasteiger charge is -2.36. The minimum absolute atomic E-state index is 0.472. The van der Waals surface area contributed by atoms with Crippen LogP contribution in [-0.4, -0.2) is 34.8 Å². The van der Waals surface area contributed by atoms with Gasteiger partial charge in [-0.2, -0.15) is 10.4 Å². The molecule has 0 N–H and O–H groups in total. The van der Waals surface area contributed by atoms with Gasteiger partial charge < -0.3 is 4.90 Å². The fourth-order valence-electron chi connectivity index (χ4n) is 2.21. The van der Waals surface area contributed by atoms with E-state index in [2.05, 4.69) is 34.7 Å². The molecular weight excluding hydrogens is 188 g/mol. The summed E-state index contributed by atoms with van der Waals surface area (Å²) in [4.78, 5) is 2.27. The molecule has 1 aromatic heterocycles. The summed E-state index contributed by atoms with van der Waals surface area (Å²) in [5.74, 6) is 0. The van der Waals surface area contributed by atoms with Crippen LogP contribution in [0.5, 0.6) is 0 Å². The maximum atomic E-state index is 8.73. The predicted molar refractivity (Wildman–Crippen MR) is 57.6 cm³/mol. The minimum Gasteiger partial charge on any atom is -0.302 e. The molecule has 1 aromatic rings. The van der Waals surface area contributed by atoms with Crippen molar-refractivity contribution in [3.8, 4) is 6.07 Å². The Bertz CT molecular complexity index is 407. The summed E-state index contributed by atoms with van der Waals surface area (Å²) < 4.78 is 2.09. The first-order valence-electron chi connectivity index (χ1n) is 5.23. The molecule has 1 saturated heterocycles. The molecule has 2 rings (SSSR count). The average Bonchev–Trinajstić information content (AvgIpc) is 2.41. The van der Waals surface area contributed by atoms with Crippen molar-refractivity contribution in [1.82, 2.24) is 14.7 Å². The Labute approximate surface area is 90.1 Å². The van der Waals surface area contributed by atoms with E-state index in [0.717, 1.165) is 30.0 Å². The van der Waals surface area contributed by atoms with Crippen molar-refractivity contribution in [2.45, 2.75) is 26.3 Å². The molecule has 15 heavy (non-hydrogen) atoms. The zero-order valence-corrected chi connectivity index (χ0v) is 9.49. The van der Waals surface area contributed by atoms with Gasteiger partial charge in [0.15, 0.2) is 0 Å². The van der Waals surface area contributed by atoms with Crippen LogP contribution in [0.1, 0.15) is 23.0 Å². The predicted octanol–water partition coefficient (Wildman–Crippen LogP) is 1.05. The number of aromatic nitrogens is 2. The Balaban J connectivity index is 2.26. The Kier molecular flexibility index (Phi) is 2.49. The quantitative estimate of drug-likeness (QED) is 0.723. The highest BCUT2D eigenvalue weighted by atomic mass is 15.4. The van der Waals surface area contributed by atoms with Gasteiger partial charge in [0.1, 0.15) is 0 Å². The third kappa shape index (κ3) is 1.64. The number of rotatable bonds is 2. The molecule has 1 aliphatic rings. The number of likely N-dealkylation sites (tertiary alicyclic amines) is 1. The van der Waals surface area contributed by atoms with E-state index >= 15 is 0 Å². The van der Waals surface area contributed by atoms with Crippen molar-refractivity contribution < 1.29 is 0 Å². The lowest BCUT2D eigenvalue weighted by molar-refractivity contribution is 0.128. The van der Waals surface area contributed by atoms with Crippen molar-refractivity contribution in [1.29, 1.82) is 5.26 Å². The summed E-state index contributed by atoms with van der Waals surface area (Å²) in [5, 5.41) is 13.3. The number of nitrogens with zero attached hydrogens (tertiary/aromatic N) is 4. The van der Waals surface area contributed by atoms with Crippen molar-refractivity contribution in [2.24, 2.45) is 0 Å². The van der Waals surface area contributed by atoms with Crippen molar-refractivity contribution in [2.75, 3.05) is 20.1 Å². The van der Waals surface area contributed by atoms with Crippen molar-refractivity contribution >= 4 is 0 Å². The number of hydrogen-bond acceptors (Lipinski definition) is 3. The van der Waals surface area contributed by atoms with Crippen LogP contribution >= 0.6 is 0 Å². The van der Waals surface area contributed by atoms with Crippen molar-refractivity contribution in [3.63, 3.8) is 0 Å². The largest absolute Gasteiger partial charge is 0.302 e. The molecule has 0 atom stereocenters. The van der Waals surface area contributed by atoms with Gasteiger partial charge in [-0.1, -0.05) is 0 Å². The monoisotopic (exact) mass is 204 g/mol. The maximum Gasteiger partial charge on any atom is 0.0775 e. The Morgan fingerprint density at radius 1 is 1.47 bits per heavy atom. The molecular formula is C11H16N4. The maximum absolute atomic E-state index is 8.73. The van der Waals surface area contributed by atoms with Crippen LogP contribution in [-0.2, 0) is 6.42 Å². The second kappa shape index (κ2) is 3.67. The van der Waals surface area contributed by atoms with Gasteiger partial charge in [0.25, 0.3) is 0 Å². The molecule has 2 heterocycles. The van der Waals surface area contributed by atoms with E-state index in [1.807, 2.05) is 6.92 Å². The standard InChI is InChI=1S/C11H16N4/c1-8-11(4-5-12)9(2)15(13-8)10-6-14(3)7-10/h10H,4,6-7H2,1-3H3. The second-order valence-corrected chi connectivity index (χ2v) is 4.30. The van der Waals surface area contributed by atoms with Gasteiger partial charge in [-0.15, -0.1) is 0 Å². The topological polar surface area (TPSA) is 44.9 Å². The zero-order chi connectivity index (χ0) is 11.0. The van der Waals surface area contributed by atoms with Gasteiger partial charge in [-0.05, 0) is 20.9 Å². The molecule has 0 amide bonds. The second-order valence-electron chi connectivity index (χ2n) is 4.30. The van der Waals surface area contributed by atoms with E-state index < -0.39 is 0 Å². The third-order valence-corrected chi connectivity index (χ3v) is 3.12. The molecule has 0 aliphatic carbocycles. The fraction of sp³-hybridized carbons (Fsp3) is 0.636. The van der Waals surface area contributed by atoms with E-state index in [0.29, 0.717) is 12.5 Å². The Morgan fingerprint density at radius 3 is 2.67 bits per heavy atom. The van der Waals surface area contributed by atoms with E-state index in [4.69, 9.17) is 5.26 Å². The minimum atomic E-state index is 0.472. The van der Waals surface area contributed by atoms with E-state index in [1.165, 1.54) is 0 Å². The van der Waals surface area contributed by atoms with Gasteiger partial charge in [0.05, 0.1) is 24.2 Å². The SMILES string of the molecule is Cc1nn(C2CN(C)C2)c(C)c1CC#N. The molecule has 4 heteroatoms. The summed E-state index contributed by atoms with van der Waals surface area (Å²) in [5.41, 5.74) is 3.27. The molecule has 1 aliphatic heterocycles. The highest BCUT2D eigenvalue weighted by Gasteiger charge is 2.27. The summed E-state index contributed by atoms with van der Waals surface area (Å²) in [6.45, 7) is 6.17. The van der Waals surface area contributed by atoms with Crippen LogP contribution in [0.4, 0.5) is 0 Å². The van der Waals surface area contributed by atoms with Gasteiger partial charge in [-0.25, -0.2) is 0 Å². The van der Waals surface area contributed by atoms with Gasteiger partial charge in [0.2, 0.25) is 0 Å². The van der Waals surface area contributed by atoms with Gasteiger partial charge in [-0.3, -0.25) is 4.68 Å². The fourth-order valence-corrected chi connectivity index (χ4v) is 2.21. The molecule has 1 fully saturated rings. The highest BCUT2D eigenvalue weighted by Crippen LogP contribution is 2.23. The van der Waals surface area contributed by atoms with Crippen LogP contribution in [0, 0.1) is 25.2 Å². The van der Waals surface area contributed by atoms with E-state index in [-0.39, 0.29) is 0 Å². The van der Waals surface area contributed by atoms with Crippen molar-refractivity contribution in [3.05, 3.63) is 17.0 Å². The van der Waals surface area contributed by atoms with Crippen LogP contribution in [0.15, 0.2) is 0 Å². The Morgan fingerprint density at radius 2 is 2.13 bits per heavy atom. The molecule has 80 valence electrons. The highest BCUT2D eigenvalue weighted by molar-refractivity contribution is 5.28. The van der Waals surface area contributed by atoms with Crippen LogP contribution < -0.4 is 0 Å². The first kappa shape index (κ1) is 10.2. The number of nitriles is 1. The van der Waals surface area contributed by atoms with Gasteiger partial charge >= 0.3 is 0 Å². The average molecular weight is 204 g/mol. The molecule has 0 radical (unpaired) electrons. The Hall–Kier alpha value is -1.34. The summed E-state index contributed by atoms with van der Waals surface area (Å²) in [7, 11) is 2.11. The van der Waals surface area contributed by atoms with E-state index in [9.17, 15) is 0 Å². The zero-order valence-electron chi connectivity index (χ0n) is 9.49. The number of likely N-dealkylation sites (N-methyl/N-ethyl adjacent to an activating group) is 1. The molecule has 0 spiro atoms. The third-order valence-electron chi connectivity index (χ3n) is 3.12. The van der Waals surface area contributed by atoms with E-state index in [1.54, 1.807) is 0 Å². The van der Waals surface area contributed by atoms with Crippen LogP contribution in [0.2, 0.25) is 0 Å². The number of hydrogen-bond donors (Lipinski definition) is 0. The molecule has 0 aromatic carbocycles. The molecule has 0 saturated carbocycles. The molecule has 4 nitrogen and oxygen atoms in total. The van der Waals surface area contributed by atoms with Crippen LogP contribution in [0.3, 0.4) is 0 Å².